The molecular formula is C22H25Cl2N7O3. The number of carbonyl (C=O) groups is 1. The minimum Gasteiger partial charge on any atom is -0.388 e. The van der Waals surface area contributed by atoms with Crippen LogP contribution in [-0.2, 0) is 9.53 Å². The van der Waals surface area contributed by atoms with E-state index in [1.54, 1.807) is 24.4 Å². The van der Waals surface area contributed by atoms with Crippen LogP contribution in [0, 0.1) is 5.92 Å². The summed E-state index contributed by atoms with van der Waals surface area (Å²) in [5, 5.41) is 17.5. The van der Waals surface area contributed by atoms with Crippen LogP contribution in [0.4, 0.5) is 17.6 Å². The van der Waals surface area contributed by atoms with E-state index >= 15 is 0 Å². The number of hydrogen-bond acceptors (Lipinski definition) is 8. The summed E-state index contributed by atoms with van der Waals surface area (Å²) in [6.45, 7) is 0.650. The molecule has 2 aliphatic rings. The number of halogens is 2. The van der Waals surface area contributed by atoms with Crippen molar-refractivity contribution in [3.05, 3.63) is 34.4 Å². The van der Waals surface area contributed by atoms with Crippen LogP contribution in [0.3, 0.4) is 0 Å². The molecule has 1 saturated carbocycles. The Morgan fingerprint density at radius 1 is 1.18 bits per heavy atom. The van der Waals surface area contributed by atoms with Crippen LogP contribution in [0.25, 0.3) is 11.2 Å². The lowest BCUT2D eigenvalue weighted by Gasteiger charge is -2.29. The fraction of sp³-hybridized carbons (Fsp3) is 0.455. The number of hydrogen-bond donors (Lipinski definition) is 4. The number of benzene rings is 1. The SMILES string of the molecule is NC(=O)C1CCC(n2c(Nc3ccc(Cl)cc3Cl)nc3cnc(NC4COCC4O)nc32)CC1. The lowest BCUT2D eigenvalue weighted by molar-refractivity contribution is -0.122. The van der Waals surface area contributed by atoms with E-state index in [0.717, 1.165) is 12.8 Å². The number of aromatic nitrogens is 4. The number of imidazole rings is 1. The molecular weight excluding hydrogens is 481 g/mol. The highest BCUT2D eigenvalue weighted by Gasteiger charge is 2.30. The molecule has 2 atom stereocenters. The van der Waals surface area contributed by atoms with Crippen molar-refractivity contribution in [3.8, 4) is 0 Å². The van der Waals surface area contributed by atoms with Gasteiger partial charge in [-0.2, -0.15) is 4.98 Å². The molecule has 3 aromatic rings. The van der Waals surface area contributed by atoms with Crippen molar-refractivity contribution < 1.29 is 14.6 Å². The van der Waals surface area contributed by atoms with Gasteiger partial charge in [-0.15, -0.1) is 0 Å². The van der Waals surface area contributed by atoms with Crippen molar-refractivity contribution in [2.24, 2.45) is 11.7 Å². The molecule has 1 aromatic carbocycles. The quantitative estimate of drug-likeness (QED) is 0.400. The second kappa shape index (κ2) is 9.53. The third-order valence-electron chi connectivity index (χ3n) is 6.44. The summed E-state index contributed by atoms with van der Waals surface area (Å²) in [5.41, 5.74) is 7.44. The average molecular weight is 506 g/mol. The van der Waals surface area contributed by atoms with Gasteiger partial charge in [-0.25, -0.2) is 9.97 Å². The summed E-state index contributed by atoms with van der Waals surface area (Å²) in [4.78, 5) is 25.5. The maximum absolute atomic E-state index is 11.7. The first-order valence-corrected chi connectivity index (χ1v) is 11.9. The molecule has 0 bridgehead atoms. The summed E-state index contributed by atoms with van der Waals surface area (Å²) in [6.07, 6.45) is 3.92. The van der Waals surface area contributed by atoms with Gasteiger partial charge in [0.2, 0.25) is 17.8 Å². The number of fused-ring (bicyclic) bond motifs is 1. The molecule has 2 unspecified atom stereocenters. The Kier molecular flexibility index (Phi) is 6.48. The van der Waals surface area contributed by atoms with Gasteiger partial charge < -0.3 is 26.2 Å². The fourth-order valence-corrected chi connectivity index (χ4v) is 5.03. The van der Waals surface area contributed by atoms with Crippen molar-refractivity contribution in [2.75, 3.05) is 23.8 Å². The van der Waals surface area contributed by atoms with Gasteiger partial charge >= 0.3 is 0 Å². The molecule has 10 nitrogen and oxygen atoms in total. The van der Waals surface area contributed by atoms with Crippen LogP contribution in [0.2, 0.25) is 10.0 Å². The lowest BCUT2D eigenvalue weighted by Crippen LogP contribution is -2.32. The Labute approximate surface area is 205 Å². The van der Waals surface area contributed by atoms with E-state index in [1.807, 2.05) is 4.57 Å². The highest BCUT2D eigenvalue weighted by molar-refractivity contribution is 6.36. The Balaban J connectivity index is 1.51. The standard InChI is InChI=1S/C22H25Cl2N7O3/c23-12-3-6-15(14(24)7-12)28-22-29-16-8-26-21(27-17-9-34-10-18(17)32)30-20(16)31(22)13-4-1-11(2-5-13)19(25)33/h3,6-8,11,13,17-18,32H,1-2,4-5,9-10H2,(H2,25,33)(H,28,29)(H,26,27,30). The van der Waals surface area contributed by atoms with Crippen molar-refractivity contribution >= 4 is 57.9 Å². The number of ether oxygens (including phenoxy) is 1. The first kappa shape index (κ1) is 23.1. The van der Waals surface area contributed by atoms with Crippen LogP contribution in [0.1, 0.15) is 31.7 Å². The summed E-state index contributed by atoms with van der Waals surface area (Å²) in [5.74, 6) is 0.567. The van der Waals surface area contributed by atoms with Crippen molar-refractivity contribution in [3.63, 3.8) is 0 Å². The molecule has 2 aromatic heterocycles. The Hall–Kier alpha value is -2.66. The summed E-state index contributed by atoms with van der Waals surface area (Å²) in [6, 6.07) is 4.96. The molecule has 1 aliphatic carbocycles. The van der Waals surface area contributed by atoms with Gasteiger partial charge in [-0.1, -0.05) is 23.2 Å². The Morgan fingerprint density at radius 3 is 2.65 bits per heavy atom. The average Bonchev–Trinajstić information content (AvgIpc) is 3.38. The van der Waals surface area contributed by atoms with E-state index in [1.165, 1.54) is 0 Å². The van der Waals surface area contributed by atoms with E-state index in [4.69, 9.17) is 43.6 Å². The lowest BCUT2D eigenvalue weighted by atomic mass is 9.85. The number of amides is 1. The fourth-order valence-electron chi connectivity index (χ4n) is 4.57. The third kappa shape index (κ3) is 4.63. The van der Waals surface area contributed by atoms with Gasteiger partial charge in [0.25, 0.3) is 0 Å². The van der Waals surface area contributed by atoms with Crippen molar-refractivity contribution in [2.45, 2.75) is 43.9 Å². The van der Waals surface area contributed by atoms with Crippen LogP contribution < -0.4 is 16.4 Å². The predicted molar refractivity (Wildman–Crippen MR) is 129 cm³/mol. The summed E-state index contributed by atoms with van der Waals surface area (Å²) in [7, 11) is 0. The molecule has 2 fully saturated rings. The summed E-state index contributed by atoms with van der Waals surface area (Å²) < 4.78 is 7.35. The Bertz CT molecular complexity index is 1210. The predicted octanol–water partition coefficient (Wildman–Crippen LogP) is 3.26. The molecule has 5 N–H and O–H groups in total. The number of nitrogens with zero attached hydrogens (tertiary/aromatic N) is 4. The minimum atomic E-state index is -0.627. The van der Waals surface area contributed by atoms with Gasteiger partial charge in [0.05, 0.1) is 42.3 Å². The molecule has 1 aliphatic heterocycles. The Morgan fingerprint density at radius 2 is 1.97 bits per heavy atom. The number of anilines is 3. The van der Waals surface area contributed by atoms with Crippen molar-refractivity contribution in [1.29, 1.82) is 0 Å². The summed E-state index contributed by atoms with van der Waals surface area (Å²) >= 11 is 12.4. The van der Waals surface area contributed by atoms with E-state index in [2.05, 4.69) is 15.6 Å². The zero-order chi connectivity index (χ0) is 23.8. The topological polar surface area (TPSA) is 140 Å². The number of aliphatic hydroxyl groups is 1. The molecule has 0 radical (unpaired) electrons. The van der Waals surface area contributed by atoms with Crippen LogP contribution in [0.5, 0.6) is 0 Å². The van der Waals surface area contributed by atoms with E-state index < -0.39 is 6.10 Å². The number of nitrogens with two attached hydrogens (primary N) is 1. The number of rotatable bonds is 6. The van der Waals surface area contributed by atoms with Gasteiger partial charge in [-0.3, -0.25) is 9.36 Å². The normalized spacial score (nSPS) is 24.9. The zero-order valence-electron chi connectivity index (χ0n) is 18.2. The molecule has 12 heteroatoms. The second-order valence-corrected chi connectivity index (χ2v) is 9.56. The smallest absolute Gasteiger partial charge is 0.225 e. The number of aliphatic hydroxyl groups excluding tert-OH is 1. The molecule has 0 spiro atoms. The van der Waals surface area contributed by atoms with E-state index in [9.17, 15) is 9.90 Å². The molecule has 3 heterocycles. The maximum Gasteiger partial charge on any atom is 0.225 e. The first-order chi connectivity index (χ1) is 16.4. The van der Waals surface area contributed by atoms with E-state index in [-0.39, 0.29) is 30.5 Å². The monoisotopic (exact) mass is 505 g/mol. The van der Waals surface area contributed by atoms with Crippen LogP contribution in [-0.4, -0.2) is 55.9 Å². The van der Waals surface area contributed by atoms with Gasteiger partial charge in [0.1, 0.15) is 5.52 Å². The van der Waals surface area contributed by atoms with E-state index in [0.29, 0.717) is 58.2 Å². The van der Waals surface area contributed by atoms with Gasteiger partial charge in [0, 0.05) is 17.0 Å². The van der Waals surface area contributed by atoms with Gasteiger partial charge in [-0.05, 0) is 43.9 Å². The third-order valence-corrected chi connectivity index (χ3v) is 6.99. The highest BCUT2D eigenvalue weighted by atomic mass is 35.5. The number of nitrogens with one attached hydrogen (secondary N) is 2. The van der Waals surface area contributed by atoms with Crippen LogP contribution >= 0.6 is 23.2 Å². The first-order valence-electron chi connectivity index (χ1n) is 11.2. The maximum atomic E-state index is 11.7. The second-order valence-electron chi connectivity index (χ2n) is 8.72. The number of carbonyl (C=O) groups excluding carboxylic acids is 1. The molecule has 5 rings (SSSR count). The molecule has 34 heavy (non-hydrogen) atoms. The molecule has 1 amide bonds. The highest BCUT2D eigenvalue weighted by Crippen LogP contribution is 2.38. The van der Waals surface area contributed by atoms with Gasteiger partial charge in [0.15, 0.2) is 5.65 Å². The zero-order valence-corrected chi connectivity index (χ0v) is 19.8. The number of primary amides is 1. The largest absolute Gasteiger partial charge is 0.388 e. The van der Waals surface area contributed by atoms with Crippen LogP contribution in [0.15, 0.2) is 24.4 Å². The molecule has 1 saturated heterocycles. The van der Waals surface area contributed by atoms with Crippen molar-refractivity contribution in [1.82, 2.24) is 19.5 Å². The molecule has 180 valence electrons. The minimum absolute atomic E-state index is 0.0531.